The predicted octanol–water partition coefficient (Wildman–Crippen LogP) is 1.09. The summed E-state index contributed by atoms with van der Waals surface area (Å²) in [7, 11) is 5.32. The zero-order valence-electron chi connectivity index (χ0n) is 10.2. The fourth-order valence-electron chi connectivity index (χ4n) is 1.78. The number of rotatable bonds is 3. The van der Waals surface area contributed by atoms with Crippen LogP contribution in [0.15, 0.2) is 36.7 Å². The van der Waals surface area contributed by atoms with Crippen LogP contribution in [0.3, 0.4) is 0 Å². The molecule has 0 radical (unpaired) electrons. The molecule has 2 rings (SSSR count). The van der Waals surface area contributed by atoms with Crippen LogP contribution in [0.5, 0.6) is 5.75 Å². The van der Waals surface area contributed by atoms with Gasteiger partial charge < -0.3 is 4.74 Å². The van der Waals surface area contributed by atoms with E-state index in [-0.39, 0.29) is 5.78 Å². The van der Waals surface area contributed by atoms with Gasteiger partial charge in [-0.25, -0.2) is 9.13 Å². The summed E-state index contributed by atoms with van der Waals surface area (Å²) < 4.78 is 8.69. The number of aryl methyl sites for hydroxylation is 2. The second kappa shape index (κ2) is 4.41. The molecule has 1 aromatic heterocycles. The summed E-state index contributed by atoms with van der Waals surface area (Å²) in [5, 5.41) is 0. The van der Waals surface area contributed by atoms with Crippen molar-refractivity contribution < 1.29 is 14.1 Å². The van der Waals surface area contributed by atoms with Crippen molar-refractivity contribution in [1.29, 1.82) is 0 Å². The largest absolute Gasteiger partial charge is 0.497 e. The molecular formula is C13H15N2O2+. The molecule has 0 atom stereocenters. The molecule has 0 bridgehead atoms. The molecular weight excluding hydrogens is 216 g/mol. The molecule has 0 unspecified atom stereocenters. The summed E-state index contributed by atoms with van der Waals surface area (Å²) in [5.41, 5.74) is 0.656. The standard InChI is InChI=1S/C13H15N2O2/c1-14-8-9-15(2)13(14)12(16)10-4-6-11(17-3)7-5-10/h4-9H,1-3H3/q+1. The molecule has 0 saturated carbocycles. The molecule has 0 aliphatic rings. The lowest BCUT2D eigenvalue weighted by Gasteiger charge is -2.01. The van der Waals surface area contributed by atoms with Gasteiger partial charge in [-0.3, -0.25) is 4.79 Å². The normalized spacial score (nSPS) is 10.3. The first-order chi connectivity index (χ1) is 8.13. The molecule has 0 aliphatic heterocycles. The average Bonchev–Trinajstić information content (AvgIpc) is 2.68. The van der Waals surface area contributed by atoms with E-state index >= 15 is 0 Å². The Bertz CT molecular complexity index is 522. The Balaban J connectivity index is 2.37. The fraction of sp³-hybridized carbons (Fsp3) is 0.231. The molecule has 0 fully saturated rings. The fourth-order valence-corrected chi connectivity index (χ4v) is 1.78. The topological polar surface area (TPSA) is 35.1 Å². The van der Waals surface area contributed by atoms with E-state index in [4.69, 9.17) is 4.74 Å². The molecule has 2 aromatic rings. The van der Waals surface area contributed by atoms with Crippen molar-refractivity contribution in [3.8, 4) is 5.75 Å². The Morgan fingerprint density at radius 3 is 2.41 bits per heavy atom. The third-order valence-electron chi connectivity index (χ3n) is 2.74. The van der Waals surface area contributed by atoms with Gasteiger partial charge in [0.2, 0.25) is 0 Å². The summed E-state index contributed by atoms with van der Waals surface area (Å²) in [5.74, 6) is 1.40. The molecule has 0 saturated heterocycles. The Hall–Kier alpha value is -2.10. The van der Waals surface area contributed by atoms with E-state index in [0.29, 0.717) is 11.4 Å². The maximum atomic E-state index is 12.3. The van der Waals surface area contributed by atoms with Gasteiger partial charge in [0.15, 0.2) is 0 Å². The maximum Gasteiger partial charge on any atom is 0.330 e. The summed E-state index contributed by atoms with van der Waals surface area (Å²) >= 11 is 0. The Labute approximate surface area is 100 Å². The number of imidazole rings is 1. The van der Waals surface area contributed by atoms with Crippen molar-refractivity contribution in [3.05, 3.63) is 48.0 Å². The average molecular weight is 231 g/mol. The number of nitrogens with zero attached hydrogens (tertiary/aromatic N) is 2. The number of benzene rings is 1. The second-order valence-electron chi connectivity index (χ2n) is 3.90. The minimum atomic E-state index is 0.00246. The smallest absolute Gasteiger partial charge is 0.330 e. The highest BCUT2D eigenvalue weighted by Crippen LogP contribution is 2.13. The van der Waals surface area contributed by atoms with Crippen LogP contribution in [0.4, 0.5) is 0 Å². The maximum absolute atomic E-state index is 12.3. The monoisotopic (exact) mass is 231 g/mol. The van der Waals surface area contributed by atoms with Crippen molar-refractivity contribution >= 4 is 5.78 Å². The number of hydrogen-bond acceptors (Lipinski definition) is 2. The lowest BCUT2D eigenvalue weighted by atomic mass is 10.1. The molecule has 0 N–H and O–H groups in total. The third-order valence-corrected chi connectivity index (χ3v) is 2.74. The van der Waals surface area contributed by atoms with Crippen molar-refractivity contribution in [1.82, 2.24) is 4.57 Å². The van der Waals surface area contributed by atoms with Crippen LogP contribution in [0.1, 0.15) is 16.2 Å². The number of hydrogen-bond donors (Lipinski definition) is 0. The summed E-state index contributed by atoms with van der Waals surface area (Å²) in [6.45, 7) is 0. The first-order valence-electron chi connectivity index (χ1n) is 5.33. The van der Waals surface area contributed by atoms with Crippen LogP contribution in [0, 0.1) is 0 Å². The molecule has 88 valence electrons. The molecule has 0 spiro atoms. The van der Waals surface area contributed by atoms with Crippen molar-refractivity contribution in [2.45, 2.75) is 0 Å². The zero-order valence-corrected chi connectivity index (χ0v) is 10.2. The van der Waals surface area contributed by atoms with Crippen molar-refractivity contribution in [2.24, 2.45) is 14.1 Å². The van der Waals surface area contributed by atoms with Crippen molar-refractivity contribution in [2.75, 3.05) is 7.11 Å². The lowest BCUT2D eigenvalue weighted by molar-refractivity contribution is -0.672. The van der Waals surface area contributed by atoms with Crippen LogP contribution in [0.2, 0.25) is 0 Å². The Morgan fingerprint density at radius 2 is 1.94 bits per heavy atom. The number of aromatic nitrogens is 2. The van der Waals surface area contributed by atoms with Crippen LogP contribution < -0.4 is 9.30 Å². The SMILES string of the molecule is COc1ccc(C(=O)c2n(C)cc[n+]2C)cc1. The number of carbonyl (C=O) groups excluding carboxylic acids is 1. The minimum absolute atomic E-state index is 0.00246. The molecule has 17 heavy (non-hydrogen) atoms. The van der Waals surface area contributed by atoms with Gasteiger partial charge in [0.1, 0.15) is 18.1 Å². The number of ketones is 1. The molecule has 4 heteroatoms. The first kappa shape index (κ1) is 11.4. The van der Waals surface area contributed by atoms with E-state index in [9.17, 15) is 4.79 Å². The van der Waals surface area contributed by atoms with E-state index in [1.54, 1.807) is 31.4 Å². The molecule has 0 aliphatic carbocycles. The van der Waals surface area contributed by atoms with Gasteiger partial charge >= 0.3 is 5.82 Å². The van der Waals surface area contributed by atoms with Crippen LogP contribution in [0.25, 0.3) is 0 Å². The molecule has 4 nitrogen and oxygen atoms in total. The van der Waals surface area contributed by atoms with Crippen LogP contribution >= 0.6 is 0 Å². The van der Waals surface area contributed by atoms with Crippen LogP contribution in [-0.4, -0.2) is 17.5 Å². The van der Waals surface area contributed by atoms with Gasteiger partial charge in [-0.05, 0) is 24.3 Å². The van der Waals surface area contributed by atoms with E-state index in [1.807, 2.05) is 35.6 Å². The van der Waals surface area contributed by atoms with E-state index in [1.165, 1.54) is 0 Å². The van der Waals surface area contributed by atoms with Crippen molar-refractivity contribution in [3.63, 3.8) is 0 Å². The summed E-state index contributed by atoms with van der Waals surface area (Å²) in [4.78, 5) is 12.3. The van der Waals surface area contributed by atoms with E-state index < -0.39 is 0 Å². The Morgan fingerprint density at radius 1 is 1.29 bits per heavy atom. The lowest BCUT2D eigenvalue weighted by Crippen LogP contribution is -2.35. The van der Waals surface area contributed by atoms with Gasteiger partial charge in [-0.2, -0.15) is 0 Å². The summed E-state index contributed by atoms with van der Waals surface area (Å²) in [6, 6.07) is 7.12. The van der Waals surface area contributed by atoms with Gasteiger partial charge in [0, 0.05) is 5.56 Å². The predicted molar refractivity (Wildman–Crippen MR) is 63.0 cm³/mol. The van der Waals surface area contributed by atoms with Gasteiger partial charge in [-0.1, -0.05) is 0 Å². The zero-order chi connectivity index (χ0) is 12.4. The minimum Gasteiger partial charge on any atom is -0.497 e. The first-order valence-corrected chi connectivity index (χ1v) is 5.33. The number of methoxy groups -OCH3 is 1. The van der Waals surface area contributed by atoms with E-state index in [0.717, 1.165) is 5.75 Å². The highest BCUT2D eigenvalue weighted by atomic mass is 16.5. The van der Waals surface area contributed by atoms with Gasteiger partial charge in [-0.15, -0.1) is 0 Å². The molecule has 1 aromatic carbocycles. The quantitative estimate of drug-likeness (QED) is 0.585. The van der Waals surface area contributed by atoms with E-state index in [2.05, 4.69) is 0 Å². The molecule has 1 heterocycles. The third kappa shape index (κ3) is 2.06. The second-order valence-corrected chi connectivity index (χ2v) is 3.90. The summed E-state index contributed by atoms with van der Waals surface area (Å²) in [6.07, 6.45) is 3.72. The molecule has 0 amide bonds. The van der Waals surface area contributed by atoms with Crippen LogP contribution in [-0.2, 0) is 14.1 Å². The number of carbonyl (C=O) groups is 1. The number of ether oxygens (including phenoxy) is 1. The highest BCUT2D eigenvalue weighted by Gasteiger charge is 2.22. The highest BCUT2D eigenvalue weighted by molar-refractivity contribution is 6.05. The van der Waals surface area contributed by atoms with Gasteiger partial charge in [0.05, 0.1) is 21.2 Å². The Kier molecular flexibility index (Phi) is 2.95. The van der Waals surface area contributed by atoms with Gasteiger partial charge in [0.25, 0.3) is 5.78 Å².